The van der Waals surface area contributed by atoms with Gasteiger partial charge in [-0.25, -0.2) is 4.68 Å². The first-order chi connectivity index (χ1) is 10.2. The average Bonchev–Trinajstić information content (AvgIpc) is 2.90. The lowest BCUT2D eigenvalue weighted by Crippen LogP contribution is -2.27. The zero-order chi connectivity index (χ0) is 14.7. The van der Waals surface area contributed by atoms with E-state index in [1.165, 1.54) is 0 Å². The van der Waals surface area contributed by atoms with Gasteiger partial charge in [0.2, 0.25) is 5.91 Å². The molecule has 0 bridgehead atoms. The lowest BCUT2D eigenvalue weighted by Gasteiger charge is -2.07. The highest BCUT2D eigenvalue weighted by atomic mass is 35.5. The van der Waals surface area contributed by atoms with E-state index >= 15 is 0 Å². The first kappa shape index (κ1) is 13.6. The summed E-state index contributed by atoms with van der Waals surface area (Å²) in [5.74, 6) is -0.134. The zero-order valence-electron chi connectivity index (χ0n) is 11.2. The van der Waals surface area contributed by atoms with Crippen molar-refractivity contribution < 1.29 is 4.79 Å². The number of carbonyl (C=O) groups is 1. The largest absolute Gasteiger partial charge is 0.350 e. The second-order valence-electron chi connectivity index (χ2n) is 4.60. The SMILES string of the molecule is O=C(Cn1nnc2ccccc21)NCc1ccccc1Cl. The number of rotatable bonds is 4. The molecule has 0 radical (unpaired) electrons. The molecule has 0 saturated carbocycles. The Labute approximate surface area is 126 Å². The van der Waals surface area contributed by atoms with Crippen molar-refractivity contribution in [2.24, 2.45) is 0 Å². The van der Waals surface area contributed by atoms with Gasteiger partial charge in [-0.3, -0.25) is 4.79 Å². The molecule has 0 aliphatic rings. The van der Waals surface area contributed by atoms with Crippen LogP contribution in [-0.2, 0) is 17.9 Å². The molecule has 0 fully saturated rings. The predicted molar refractivity (Wildman–Crippen MR) is 80.8 cm³/mol. The second kappa shape index (κ2) is 5.93. The van der Waals surface area contributed by atoms with Gasteiger partial charge < -0.3 is 5.32 Å². The lowest BCUT2D eigenvalue weighted by atomic mass is 10.2. The van der Waals surface area contributed by atoms with E-state index in [0.29, 0.717) is 11.6 Å². The number of hydrogen-bond acceptors (Lipinski definition) is 3. The van der Waals surface area contributed by atoms with Gasteiger partial charge in [0.05, 0.1) is 5.52 Å². The number of nitrogens with zero attached hydrogens (tertiary/aromatic N) is 3. The Morgan fingerprint density at radius 3 is 2.76 bits per heavy atom. The quantitative estimate of drug-likeness (QED) is 0.805. The van der Waals surface area contributed by atoms with Gasteiger partial charge in [0, 0.05) is 11.6 Å². The van der Waals surface area contributed by atoms with Crippen molar-refractivity contribution >= 4 is 28.5 Å². The number of para-hydroxylation sites is 1. The van der Waals surface area contributed by atoms with E-state index in [1.807, 2.05) is 42.5 Å². The van der Waals surface area contributed by atoms with Gasteiger partial charge in [0.15, 0.2) is 0 Å². The first-order valence-electron chi connectivity index (χ1n) is 6.52. The Balaban J connectivity index is 1.66. The topological polar surface area (TPSA) is 59.8 Å². The fraction of sp³-hybridized carbons (Fsp3) is 0.133. The number of benzene rings is 2. The number of amides is 1. The molecule has 1 N–H and O–H groups in total. The standard InChI is InChI=1S/C15H13ClN4O/c16-12-6-2-1-5-11(12)9-17-15(21)10-20-14-8-4-3-7-13(14)18-19-20/h1-8H,9-10H2,(H,17,21). The van der Waals surface area contributed by atoms with Crippen LogP contribution < -0.4 is 5.32 Å². The van der Waals surface area contributed by atoms with Crippen LogP contribution in [0.3, 0.4) is 0 Å². The Morgan fingerprint density at radius 1 is 1.14 bits per heavy atom. The molecule has 0 saturated heterocycles. The number of carbonyl (C=O) groups excluding carboxylic acids is 1. The van der Waals surface area contributed by atoms with E-state index in [1.54, 1.807) is 10.7 Å². The molecule has 3 rings (SSSR count). The van der Waals surface area contributed by atoms with E-state index in [-0.39, 0.29) is 12.5 Å². The molecule has 0 atom stereocenters. The summed E-state index contributed by atoms with van der Waals surface area (Å²) >= 11 is 6.05. The maximum absolute atomic E-state index is 12.0. The van der Waals surface area contributed by atoms with Crippen LogP contribution in [0.1, 0.15) is 5.56 Å². The third kappa shape index (κ3) is 3.03. The van der Waals surface area contributed by atoms with E-state index < -0.39 is 0 Å². The highest BCUT2D eigenvalue weighted by molar-refractivity contribution is 6.31. The molecule has 0 spiro atoms. The van der Waals surface area contributed by atoms with E-state index in [9.17, 15) is 4.79 Å². The van der Waals surface area contributed by atoms with E-state index in [0.717, 1.165) is 16.6 Å². The fourth-order valence-electron chi connectivity index (χ4n) is 2.06. The van der Waals surface area contributed by atoms with Crippen LogP contribution in [0.4, 0.5) is 0 Å². The monoisotopic (exact) mass is 300 g/mol. The molecule has 106 valence electrons. The first-order valence-corrected chi connectivity index (χ1v) is 6.90. The molecule has 5 nitrogen and oxygen atoms in total. The minimum atomic E-state index is -0.134. The molecular formula is C15H13ClN4O. The highest BCUT2D eigenvalue weighted by Crippen LogP contribution is 2.14. The fourth-order valence-corrected chi connectivity index (χ4v) is 2.26. The van der Waals surface area contributed by atoms with Crippen molar-refractivity contribution in [2.45, 2.75) is 13.1 Å². The molecule has 21 heavy (non-hydrogen) atoms. The number of halogens is 1. The summed E-state index contributed by atoms with van der Waals surface area (Å²) in [4.78, 5) is 12.0. The van der Waals surface area contributed by atoms with Gasteiger partial charge >= 0.3 is 0 Å². The Kier molecular flexibility index (Phi) is 3.83. The lowest BCUT2D eigenvalue weighted by molar-refractivity contribution is -0.121. The Bertz CT molecular complexity index is 784. The molecule has 1 heterocycles. The normalized spacial score (nSPS) is 10.7. The molecule has 0 unspecified atom stereocenters. The van der Waals surface area contributed by atoms with Crippen molar-refractivity contribution in [2.75, 3.05) is 0 Å². The van der Waals surface area contributed by atoms with Crippen LogP contribution in [-0.4, -0.2) is 20.9 Å². The third-order valence-electron chi connectivity index (χ3n) is 3.15. The van der Waals surface area contributed by atoms with Crippen molar-refractivity contribution in [3.8, 4) is 0 Å². The minimum Gasteiger partial charge on any atom is -0.350 e. The summed E-state index contributed by atoms with van der Waals surface area (Å²) in [5, 5.41) is 11.5. The summed E-state index contributed by atoms with van der Waals surface area (Å²) < 4.78 is 1.58. The molecular weight excluding hydrogens is 288 g/mol. The maximum Gasteiger partial charge on any atom is 0.242 e. The van der Waals surface area contributed by atoms with Crippen LogP contribution in [0.15, 0.2) is 48.5 Å². The van der Waals surface area contributed by atoms with Crippen LogP contribution in [0.5, 0.6) is 0 Å². The van der Waals surface area contributed by atoms with Gasteiger partial charge in [-0.2, -0.15) is 0 Å². The van der Waals surface area contributed by atoms with Gasteiger partial charge in [0.1, 0.15) is 12.1 Å². The molecule has 1 amide bonds. The zero-order valence-corrected chi connectivity index (χ0v) is 11.9. The van der Waals surface area contributed by atoms with Gasteiger partial charge in [0.25, 0.3) is 0 Å². The van der Waals surface area contributed by atoms with Crippen molar-refractivity contribution in [3.63, 3.8) is 0 Å². The summed E-state index contributed by atoms with van der Waals surface area (Å²) in [7, 11) is 0. The van der Waals surface area contributed by atoms with E-state index in [4.69, 9.17) is 11.6 Å². The second-order valence-corrected chi connectivity index (χ2v) is 5.01. The number of nitrogens with one attached hydrogen (secondary N) is 1. The summed E-state index contributed by atoms with van der Waals surface area (Å²) in [6.45, 7) is 0.524. The molecule has 6 heteroatoms. The maximum atomic E-state index is 12.0. The third-order valence-corrected chi connectivity index (χ3v) is 3.52. The average molecular weight is 301 g/mol. The minimum absolute atomic E-state index is 0.130. The Morgan fingerprint density at radius 2 is 1.90 bits per heavy atom. The summed E-state index contributed by atoms with van der Waals surface area (Å²) in [5.41, 5.74) is 2.50. The molecule has 0 aliphatic heterocycles. The van der Waals surface area contributed by atoms with Crippen LogP contribution >= 0.6 is 11.6 Å². The highest BCUT2D eigenvalue weighted by Gasteiger charge is 2.08. The van der Waals surface area contributed by atoms with Crippen LogP contribution in [0.25, 0.3) is 11.0 Å². The van der Waals surface area contributed by atoms with Gasteiger partial charge in [-0.15, -0.1) is 5.10 Å². The van der Waals surface area contributed by atoms with Crippen LogP contribution in [0.2, 0.25) is 5.02 Å². The number of aromatic nitrogens is 3. The summed E-state index contributed by atoms with van der Waals surface area (Å²) in [6, 6.07) is 15.0. The van der Waals surface area contributed by atoms with Crippen LogP contribution in [0, 0.1) is 0 Å². The Hall–Kier alpha value is -2.40. The van der Waals surface area contributed by atoms with Crippen molar-refractivity contribution in [3.05, 3.63) is 59.1 Å². The smallest absolute Gasteiger partial charge is 0.242 e. The van der Waals surface area contributed by atoms with Gasteiger partial charge in [-0.1, -0.05) is 47.1 Å². The predicted octanol–water partition coefficient (Wildman–Crippen LogP) is 2.40. The molecule has 0 aliphatic carbocycles. The van der Waals surface area contributed by atoms with Crippen molar-refractivity contribution in [1.82, 2.24) is 20.3 Å². The molecule has 1 aromatic heterocycles. The molecule has 3 aromatic rings. The van der Waals surface area contributed by atoms with Gasteiger partial charge in [-0.05, 0) is 23.8 Å². The summed E-state index contributed by atoms with van der Waals surface area (Å²) in [6.07, 6.45) is 0. The van der Waals surface area contributed by atoms with E-state index in [2.05, 4.69) is 15.6 Å². The van der Waals surface area contributed by atoms with Crippen molar-refractivity contribution in [1.29, 1.82) is 0 Å². The molecule has 2 aromatic carbocycles. The number of hydrogen-bond donors (Lipinski definition) is 1. The number of fused-ring (bicyclic) bond motifs is 1.